The van der Waals surface area contributed by atoms with E-state index in [0.717, 1.165) is 3.57 Å². The van der Waals surface area contributed by atoms with Crippen LogP contribution in [0.3, 0.4) is 0 Å². The van der Waals surface area contributed by atoms with Gasteiger partial charge in [0.1, 0.15) is 5.75 Å². The molecule has 2 aromatic rings. The number of alkyl halides is 1. The zero-order valence-electron chi connectivity index (χ0n) is 9.09. The van der Waals surface area contributed by atoms with Crippen LogP contribution in [0.4, 0.5) is 8.78 Å². The second kappa shape index (κ2) is 5.84. The van der Waals surface area contributed by atoms with Gasteiger partial charge in [0, 0.05) is 5.88 Å². The molecule has 0 aliphatic carbocycles. The smallest absolute Gasteiger partial charge is 0.198 e. The molecule has 0 atom stereocenters. The van der Waals surface area contributed by atoms with E-state index >= 15 is 0 Å². The van der Waals surface area contributed by atoms with Crippen LogP contribution in [-0.4, -0.2) is 0 Å². The third-order valence-corrected chi connectivity index (χ3v) is 3.46. The predicted octanol–water partition coefficient (Wildman–Crippen LogP) is 5.10. The SMILES string of the molecule is Fc1cc(CCl)cc(F)c1Oc1ccccc1I. The number of hydrogen-bond donors (Lipinski definition) is 0. The molecular formula is C13H8ClF2IO. The maximum atomic E-state index is 13.7. The Labute approximate surface area is 122 Å². The standard InChI is InChI=1S/C13H8ClF2IO/c14-7-8-5-9(15)13(10(16)6-8)18-12-4-2-1-3-11(12)17/h1-6H,7H2. The topological polar surface area (TPSA) is 9.23 Å². The van der Waals surface area contributed by atoms with Crippen molar-refractivity contribution >= 4 is 34.2 Å². The highest BCUT2D eigenvalue weighted by molar-refractivity contribution is 14.1. The molecule has 1 nitrogen and oxygen atoms in total. The molecule has 0 saturated carbocycles. The molecule has 0 aliphatic heterocycles. The highest BCUT2D eigenvalue weighted by atomic mass is 127. The van der Waals surface area contributed by atoms with E-state index in [0.29, 0.717) is 11.3 Å². The molecule has 0 N–H and O–H groups in total. The zero-order valence-corrected chi connectivity index (χ0v) is 12.0. The van der Waals surface area contributed by atoms with Crippen LogP contribution >= 0.6 is 34.2 Å². The number of halogens is 4. The fourth-order valence-electron chi connectivity index (χ4n) is 1.42. The fourth-order valence-corrected chi connectivity index (χ4v) is 2.08. The minimum atomic E-state index is -0.759. The van der Waals surface area contributed by atoms with E-state index in [1.54, 1.807) is 18.2 Å². The zero-order chi connectivity index (χ0) is 13.1. The number of para-hydroxylation sites is 1. The number of ether oxygens (including phenoxy) is 1. The molecule has 0 unspecified atom stereocenters. The summed E-state index contributed by atoms with van der Waals surface area (Å²) < 4.78 is 33.4. The molecule has 2 rings (SSSR count). The Bertz CT molecular complexity index is 552. The third kappa shape index (κ3) is 2.92. The monoisotopic (exact) mass is 380 g/mol. The van der Waals surface area contributed by atoms with Crippen molar-refractivity contribution in [3.05, 3.63) is 57.2 Å². The van der Waals surface area contributed by atoms with Gasteiger partial charge in [-0.15, -0.1) is 11.6 Å². The van der Waals surface area contributed by atoms with Crippen molar-refractivity contribution in [2.24, 2.45) is 0 Å². The van der Waals surface area contributed by atoms with Gasteiger partial charge in [-0.1, -0.05) is 12.1 Å². The lowest BCUT2D eigenvalue weighted by Crippen LogP contribution is -1.96. The molecule has 2 aromatic carbocycles. The quantitative estimate of drug-likeness (QED) is 0.532. The maximum Gasteiger partial charge on any atom is 0.198 e. The van der Waals surface area contributed by atoms with Gasteiger partial charge in [-0.25, -0.2) is 8.78 Å². The average Bonchev–Trinajstić information content (AvgIpc) is 2.35. The average molecular weight is 381 g/mol. The summed E-state index contributed by atoms with van der Waals surface area (Å²) in [4.78, 5) is 0. The molecule has 0 saturated heterocycles. The van der Waals surface area contributed by atoms with Crippen LogP contribution in [0.25, 0.3) is 0 Å². The Morgan fingerprint density at radius 3 is 2.28 bits per heavy atom. The molecule has 0 heterocycles. The third-order valence-electron chi connectivity index (χ3n) is 2.26. The first-order valence-electron chi connectivity index (χ1n) is 5.08. The summed E-state index contributed by atoms with van der Waals surface area (Å²) in [6, 6.07) is 9.33. The van der Waals surface area contributed by atoms with Gasteiger partial charge in [-0.05, 0) is 52.4 Å². The first-order chi connectivity index (χ1) is 8.61. The molecule has 0 fully saturated rings. The predicted molar refractivity (Wildman–Crippen MR) is 75.1 cm³/mol. The van der Waals surface area contributed by atoms with Crippen LogP contribution in [0, 0.1) is 15.2 Å². The van der Waals surface area contributed by atoms with Crippen molar-refractivity contribution in [3.63, 3.8) is 0 Å². The van der Waals surface area contributed by atoms with Gasteiger partial charge in [0.15, 0.2) is 17.4 Å². The molecule has 0 amide bonds. The number of benzene rings is 2. The van der Waals surface area contributed by atoms with E-state index in [1.165, 1.54) is 12.1 Å². The summed E-state index contributed by atoms with van der Waals surface area (Å²) >= 11 is 7.57. The van der Waals surface area contributed by atoms with E-state index < -0.39 is 17.4 Å². The summed E-state index contributed by atoms with van der Waals surface area (Å²) in [5.41, 5.74) is 0.377. The Morgan fingerprint density at radius 1 is 1.11 bits per heavy atom. The molecule has 5 heteroatoms. The summed E-state index contributed by atoms with van der Waals surface area (Å²) in [5.74, 6) is -1.46. The highest BCUT2D eigenvalue weighted by Gasteiger charge is 2.14. The largest absolute Gasteiger partial charge is 0.450 e. The van der Waals surface area contributed by atoms with Crippen LogP contribution < -0.4 is 4.74 Å². The summed E-state index contributed by atoms with van der Waals surface area (Å²) in [6.45, 7) is 0. The number of hydrogen-bond acceptors (Lipinski definition) is 1. The molecule has 0 spiro atoms. The fraction of sp³-hybridized carbons (Fsp3) is 0.0769. The lowest BCUT2D eigenvalue weighted by Gasteiger charge is -2.10. The van der Waals surface area contributed by atoms with Gasteiger partial charge in [-0.3, -0.25) is 0 Å². The minimum absolute atomic E-state index is 0.0526. The highest BCUT2D eigenvalue weighted by Crippen LogP contribution is 2.31. The molecule has 0 aliphatic rings. The lowest BCUT2D eigenvalue weighted by molar-refractivity contribution is 0.405. The summed E-state index contributed by atoms with van der Waals surface area (Å²) in [6.07, 6.45) is 0. The van der Waals surface area contributed by atoms with Crippen molar-refractivity contribution in [2.45, 2.75) is 5.88 Å². The van der Waals surface area contributed by atoms with Gasteiger partial charge >= 0.3 is 0 Å². The first kappa shape index (κ1) is 13.5. The van der Waals surface area contributed by atoms with Crippen molar-refractivity contribution < 1.29 is 13.5 Å². The van der Waals surface area contributed by atoms with Crippen molar-refractivity contribution in [1.82, 2.24) is 0 Å². The van der Waals surface area contributed by atoms with Crippen LogP contribution in [0.5, 0.6) is 11.5 Å². The van der Waals surface area contributed by atoms with Crippen LogP contribution in [-0.2, 0) is 5.88 Å². The van der Waals surface area contributed by atoms with Crippen LogP contribution in [0.2, 0.25) is 0 Å². The minimum Gasteiger partial charge on any atom is -0.450 e. The Morgan fingerprint density at radius 2 is 1.72 bits per heavy atom. The van der Waals surface area contributed by atoms with Gasteiger partial charge in [0.2, 0.25) is 0 Å². The van der Waals surface area contributed by atoms with Crippen molar-refractivity contribution in [2.75, 3.05) is 0 Å². The normalized spacial score (nSPS) is 10.4. The van der Waals surface area contributed by atoms with E-state index in [-0.39, 0.29) is 5.88 Å². The van der Waals surface area contributed by atoms with E-state index in [1.807, 2.05) is 28.7 Å². The van der Waals surface area contributed by atoms with E-state index in [4.69, 9.17) is 16.3 Å². The molecule has 0 bridgehead atoms. The van der Waals surface area contributed by atoms with Gasteiger partial charge in [0.25, 0.3) is 0 Å². The van der Waals surface area contributed by atoms with Crippen molar-refractivity contribution in [3.8, 4) is 11.5 Å². The second-order valence-corrected chi connectivity index (χ2v) is 4.98. The van der Waals surface area contributed by atoms with Gasteiger partial charge < -0.3 is 4.74 Å². The van der Waals surface area contributed by atoms with E-state index in [9.17, 15) is 8.78 Å². The Balaban J connectivity index is 2.38. The first-order valence-corrected chi connectivity index (χ1v) is 6.69. The van der Waals surface area contributed by atoms with Gasteiger partial charge in [-0.2, -0.15) is 0 Å². The second-order valence-electron chi connectivity index (χ2n) is 3.55. The van der Waals surface area contributed by atoms with E-state index in [2.05, 4.69) is 0 Å². The summed E-state index contributed by atoms with van der Waals surface area (Å²) in [5, 5.41) is 0. The van der Waals surface area contributed by atoms with Crippen LogP contribution in [0.1, 0.15) is 5.56 Å². The Kier molecular flexibility index (Phi) is 4.40. The van der Waals surface area contributed by atoms with Gasteiger partial charge in [0.05, 0.1) is 3.57 Å². The molecule has 0 radical (unpaired) electrons. The lowest BCUT2D eigenvalue weighted by atomic mass is 10.2. The molecular weight excluding hydrogens is 372 g/mol. The summed E-state index contributed by atoms with van der Waals surface area (Å²) in [7, 11) is 0. The Hall–Kier alpha value is -0.880. The maximum absolute atomic E-state index is 13.7. The molecule has 18 heavy (non-hydrogen) atoms. The number of rotatable bonds is 3. The molecule has 94 valence electrons. The van der Waals surface area contributed by atoms with Crippen LogP contribution in [0.15, 0.2) is 36.4 Å². The van der Waals surface area contributed by atoms with Crippen molar-refractivity contribution in [1.29, 1.82) is 0 Å². The molecule has 0 aromatic heterocycles.